The van der Waals surface area contributed by atoms with E-state index in [0.29, 0.717) is 0 Å². The second-order valence-corrected chi connectivity index (χ2v) is 4.71. The number of benzene rings is 1. The summed E-state index contributed by atoms with van der Waals surface area (Å²) >= 11 is 0. The number of hydrogen-bond donors (Lipinski definition) is 1. The van der Waals surface area contributed by atoms with Crippen LogP contribution in [-0.4, -0.2) is 19.7 Å². The van der Waals surface area contributed by atoms with Crippen molar-refractivity contribution < 1.29 is 0 Å². The fourth-order valence-electron chi connectivity index (χ4n) is 2.09. The van der Waals surface area contributed by atoms with Crippen molar-refractivity contribution in [1.82, 2.24) is 19.7 Å². The molecule has 5 nitrogen and oxygen atoms in total. The Morgan fingerprint density at radius 3 is 2.45 bits per heavy atom. The molecule has 20 heavy (non-hydrogen) atoms. The first-order chi connectivity index (χ1) is 9.61. The Kier molecular flexibility index (Phi) is 2.95. The van der Waals surface area contributed by atoms with Crippen LogP contribution < -0.4 is 5.73 Å². The Bertz CT molecular complexity index is 723. The second-order valence-electron chi connectivity index (χ2n) is 4.71. The number of nitrogens with zero attached hydrogens (tertiary/aromatic N) is 4. The summed E-state index contributed by atoms with van der Waals surface area (Å²) in [5.74, 6) is 1.52. The molecule has 2 N–H and O–H groups in total. The summed E-state index contributed by atoms with van der Waals surface area (Å²) in [6.07, 6.45) is 3.77. The highest BCUT2D eigenvalue weighted by atomic mass is 15.3. The third-order valence-electron chi connectivity index (χ3n) is 3.01. The zero-order valence-electron chi connectivity index (χ0n) is 11.4. The van der Waals surface area contributed by atoms with Crippen LogP contribution >= 0.6 is 0 Å². The number of aromatic nitrogens is 4. The lowest BCUT2D eigenvalue weighted by Gasteiger charge is -2.02. The van der Waals surface area contributed by atoms with E-state index in [0.717, 1.165) is 34.2 Å². The largest absolute Gasteiger partial charge is 0.399 e. The number of rotatable bonds is 2. The molecular formula is C15H15N5. The molecule has 0 fully saturated rings. The van der Waals surface area contributed by atoms with Gasteiger partial charge in [0.25, 0.3) is 0 Å². The van der Waals surface area contributed by atoms with E-state index < -0.39 is 0 Å². The first kappa shape index (κ1) is 12.3. The maximum atomic E-state index is 5.70. The summed E-state index contributed by atoms with van der Waals surface area (Å²) in [4.78, 5) is 8.66. The molecule has 3 aromatic rings. The topological polar surface area (TPSA) is 69.6 Å². The van der Waals surface area contributed by atoms with Crippen molar-refractivity contribution in [1.29, 1.82) is 0 Å². The van der Waals surface area contributed by atoms with E-state index in [9.17, 15) is 0 Å². The van der Waals surface area contributed by atoms with E-state index in [1.54, 1.807) is 4.68 Å². The van der Waals surface area contributed by atoms with Crippen LogP contribution in [0.2, 0.25) is 0 Å². The van der Waals surface area contributed by atoms with E-state index in [2.05, 4.69) is 15.1 Å². The van der Waals surface area contributed by atoms with Gasteiger partial charge in [-0.15, -0.1) is 0 Å². The zero-order valence-corrected chi connectivity index (χ0v) is 11.4. The van der Waals surface area contributed by atoms with Gasteiger partial charge in [0.2, 0.25) is 0 Å². The molecule has 0 saturated heterocycles. The Labute approximate surface area is 117 Å². The molecule has 0 atom stereocenters. The number of anilines is 1. The smallest absolute Gasteiger partial charge is 0.157 e. The maximum absolute atomic E-state index is 5.70. The summed E-state index contributed by atoms with van der Waals surface area (Å²) in [7, 11) is 0. The van der Waals surface area contributed by atoms with Crippen molar-refractivity contribution >= 4 is 5.69 Å². The average molecular weight is 265 g/mol. The molecular weight excluding hydrogens is 250 g/mol. The molecule has 100 valence electrons. The molecule has 0 aliphatic rings. The summed E-state index contributed by atoms with van der Waals surface area (Å²) in [5.41, 5.74) is 9.48. The molecule has 0 bridgehead atoms. The maximum Gasteiger partial charge on any atom is 0.157 e. The lowest BCUT2D eigenvalue weighted by molar-refractivity contribution is 0.822. The lowest BCUT2D eigenvalue weighted by Crippen LogP contribution is -2.02. The first-order valence-electron chi connectivity index (χ1n) is 6.35. The van der Waals surface area contributed by atoms with E-state index in [1.807, 2.05) is 56.6 Å². The van der Waals surface area contributed by atoms with Gasteiger partial charge in [0.1, 0.15) is 5.82 Å². The van der Waals surface area contributed by atoms with Gasteiger partial charge < -0.3 is 5.73 Å². The minimum atomic E-state index is 0.740. The number of aryl methyl sites for hydroxylation is 2. The lowest BCUT2D eigenvalue weighted by atomic mass is 10.1. The van der Waals surface area contributed by atoms with Gasteiger partial charge in [-0.05, 0) is 31.5 Å². The van der Waals surface area contributed by atoms with Crippen LogP contribution in [-0.2, 0) is 0 Å². The second kappa shape index (κ2) is 4.77. The van der Waals surface area contributed by atoms with Gasteiger partial charge in [-0.3, -0.25) is 0 Å². The fourth-order valence-corrected chi connectivity index (χ4v) is 2.09. The van der Waals surface area contributed by atoms with Crippen molar-refractivity contribution in [3.8, 4) is 16.9 Å². The molecule has 2 heterocycles. The molecule has 0 aliphatic carbocycles. The quantitative estimate of drug-likeness (QED) is 0.723. The first-order valence-corrected chi connectivity index (χ1v) is 6.35. The highest BCUT2D eigenvalue weighted by Crippen LogP contribution is 2.20. The van der Waals surface area contributed by atoms with Crippen LogP contribution in [0.1, 0.15) is 11.5 Å². The summed E-state index contributed by atoms with van der Waals surface area (Å²) < 4.78 is 1.76. The molecule has 1 aromatic carbocycles. The van der Waals surface area contributed by atoms with Gasteiger partial charge in [0.05, 0.1) is 6.20 Å². The Balaban J connectivity index is 1.99. The minimum Gasteiger partial charge on any atom is -0.399 e. The van der Waals surface area contributed by atoms with E-state index in [-0.39, 0.29) is 0 Å². The molecule has 2 aromatic heterocycles. The predicted octanol–water partition coefficient (Wildman–Crippen LogP) is 2.53. The normalized spacial score (nSPS) is 10.7. The fraction of sp³-hybridized carbons (Fsp3) is 0.133. The molecule has 3 rings (SSSR count). The van der Waals surface area contributed by atoms with Crippen molar-refractivity contribution in [3.63, 3.8) is 0 Å². The van der Waals surface area contributed by atoms with Crippen molar-refractivity contribution in [3.05, 3.63) is 54.2 Å². The van der Waals surface area contributed by atoms with Gasteiger partial charge >= 0.3 is 0 Å². The van der Waals surface area contributed by atoms with Gasteiger partial charge in [-0.1, -0.05) is 12.1 Å². The molecule has 0 unspecified atom stereocenters. The Hall–Kier alpha value is -2.69. The Morgan fingerprint density at radius 1 is 1.00 bits per heavy atom. The third-order valence-corrected chi connectivity index (χ3v) is 3.01. The predicted molar refractivity (Wildman–Crippen MR) is 78.5 cm³/mol. The molecule has 0 amide bonds. The number of hydrogen-bond acceptors (Lipinski definition) is 4. The van der Waals surface area contributed by atoms with Crippen LogP contribution in [0.5, 0.6) is 0 Å². The standard InChI is InChI=1S/C15H15N5/c1-10-7-15(19-11(2)18-10)20-9-13(8-17-20)12-3-5-14(16)6-4-12/h3-9H,16H2,1-2H3. The van der Waals surface area contributed by atoms with E-state index >= 15 is 0 Å². The summed E-state index contributed by atoms with van der Waals surface area (Å²) in [5, 5.41) is 4.36. The highest BCUT2D eigenvalue weighted by Gasteiger charge is 2.06. The van der Waals surface area contributed by atoms with Crippen LogP contribution in [0.15, 0.2) is 42.7 Å². The number of nitrogen functional groups attached to an aromatic ring is 1. The van der Waals surface area contributed by atoms with Crippen LogP contribution in [0, 0.1) is 13.8 Å². The van der Waals surface area contributed by atoms with Gasteiger partial charge in [0.15, 0.2) is 5.82 Å². The van der Waals surface area contributed by atoms with Gasteiger partial charge in [-0.2, -0.15) is 5.10 Å². The average Bonchev–Trinajstić information content (AvgIpc) is 2.88. The van der Waals surface area contributed by atoms with Crippen LogP contribution in [0.25, 0.3) is 16.9 Å². The molecule has 0 radical (unpaired) electrons. The summed E-state index contributed by atoms with van der Waals surface area (Å²) in [6.45, 7) is 3.82. The monoisotopic (exact) mass is 265 g/mol. The minimum absolute atomic E-state index is 0.740. The highest BCUT2D eigenvalue weighted by molar-refractivity contribution is 5.64. The zero-order chi connectivity index (χ0) is 14.1. The molecule has 0 spiro atoms. The van der Waals surface area contributed by atoms with Crippen molar-refractivity contribution in [2.45, 2.75) is 13.8 Å². The molecule has 0 aliphatic heterocycles. The van der Waals surface area contributed by atoms with E-state index in [1.165, 1.54) is 0 Å². The van der Waals surface area contributed by atoms with E-state index in [4.69, 9.17) is 5.73 Å². The van der Waals surface area contributed by atoms with Crippen LogP contribution in [0.3, 0.4) is 0 Å². The molecule has 5 heteroatoms. The van der Waals surface area contributed by atoms with Crippen molar-refractivity contribution in [2.75, 3.05) is 5.73 Å². The SMILES string of the molecule is Cc1cc(-n2cc(-c3ccc(N)cc3)cn2)nc(C)n1. The van der Waals surface area contributed by atoms with Crippen molar-refractivity contribution in [2.24, 2.45) is 0 Å². The molecule has 0 saturated carbocycles. The summed E-state index contributed by atoms with van der Waals surface area (Å²) in [6, 6.07) is 9.63. The third kappa shape index (κ3) is 2.38. The van der Waals surface area contributed by atoms with Gasteiger partial charge in [-0.25, -0.2) is 14.6 Å². The van der Waals surface area contributed by atoms with Crippen LogP contribution in [0.4, 0.5) is 5.69 Å². The Morgan fingerprint density at radius 2 is 1.75 bits per heavy atom. The number of nitrogens with two attached hydrogens (primary N) is 1. The van der Waals surface area contributed by atoms with Gasteiger partial charge in [0, 0.05) is 29.2 Å².